The number of benzene rings is 3. The first-order chi connectivity index (χ1) is 16.4. The average Bonchev–Trinajstić information content (AvgIpc) is 2.83. The van der Waals surface area contributed by atoms with Gasteiger partial charge in [-0.25, -0.2) is 4.98 Å². The molecule has 0 aliphatic heterocycles. The molecule has 0 atom stereocenters. The minimum Gasteiger partial charge on any atom is -0.493 e. The van der Waals surface area contributed by atoms with Gasteiger partial charge in [0.25, 0.3) is 5.56 Å². The van der Waals surface area contributed by atoms with Crippen molar-refractivity contribution in [1.82, 2.24) is 9.66 Å². The maximum absolute atomic E-state index is 13.1. The van der Waals surface area contributed by atoms with Crippen molar-refractivity contribution in [2.45, 2.75) is 20.0 Å². The topological polar surface area (TPSA) is 65.7 Å². The van der Waals surface area contributed by atoms with Crippen LogP contribution in [0.25, 0.3) is 10.9 Å². The molecule has 0 saturated heterocycles. The first-order valence-corrected chi connectivity index (χ1v) is 12.4. The molecule has 1 aromatic heterocycles. The molecule has 6 nitrogen and oxygen atoms in total. The third kappa shape index (κ3) is 5.35. The van der Waals surface area contributed by atoms with Gasteiger partial charge in [0, 0.05) is 15.9 Å². The highest BCUT2D eigenvalue weighted by Gasteiger charge is 2.13. The van der Waals surface area contributed by atoms with Crippen LogP contribution in [0.3, 0.4) is 0 Å². The lowest BCUT2D eigenvalue weighted by atomic mass is 10.2. The van der Waals surface area contributed by atoms with Crippen molar-refractivity contribution in [1.29, 1.82) is 0 Å². The zero-order valence-corrected chi connectivity index (χ0v) is 22.3. The van der Waals surface area contributed by atoms with Crippen LogP contribution in [-0.2, 0) is 13.0 Å². The van der Waals surface area contributed by atoms with E-state index in [4.69, 9.17) is 21.1 Å². The Morgan fingerprint density at radius 1 is 1.12 bits per heavy atom. The van der Waals surface area contributed by atoms with Gasteiger partial charge in [0.1, 0.15) is 12.4 Å². The number of aromatic nitrogens is 2. The van der Waals surface area contributed by atoms with Crippen molar-refractivity contribution in [2.75, 3.05) is 7.11 Å². The minimum atomic E-state index is -0.228. The Balaban J connectivity index is 1.65. The molecule has 9 heteroatoms. The van der Waals surface area contributed by atoms with Gasteiger partial charge in [-0.2, -0.15) is 9.78 Å². The molecular weight excluding hydrogens is 586 g/mol. The third-order valence-electron chi connectivity index (χ3n) is 5.06. The quantitative estimate of drug-likeness (QED) is 0.223. The second kappa shape index (κ2) is 10.7. The molecule has 0 bridgehead atoms. The summed E-state index contributed by atoms with van der Waals surface area (Å²) in [4.78, 5) is 17.7. The molecular formula is C25H20Br2ClN3O3. The van der Waals surface area contributed by atoms with Gasteiger partial charge in [0.05, 0.1) is 28.7 Å². The molecule has 4 aromatic rings. The van der Waals surface area contributed by atoms with Gasteiger partial charge in [0.15, 0.2) is 11.5 Å². The molecule has 0 spiro atoms. The smallest absolute Gasteiger partial charge is 0.282 e. The maximum Gasteiger partial charge on any atom is 0.282 e. The summed E-state index contributed by atoms with van der Waals surface area (Å²) in [7, 11) is 1.57. The standard InChI is InChI=1S/C25H20Br2ClN3O3/c1-3-23-30-21-9-6-17(26)12-19(21)25(32)31(23)29-13-16-10-20(27)24(22(11-16)33-2)34-14-15-4-7-18(28)8-5-15/h4-13H,3,14H2,1-2H3. The van der Waals surface area contributed by atoms with Gasteiger partial charge < -0.3 is 9.47 Å². The fraction of sp³-hybridized carbons (Fsp3) is 0.160. The zero-order valence-electron chi connectivity index (χ0n) is 18.4. The van der Waals surface area contributed by atoms with Gasteiger partial charge in [0.2, 0.25) is 0 Å². The van der Waals surface area contributed by atoms with Crippen LogP contribution in [0.15, 0.2) is 73.4 Å². The predicted molar refractivity (Wildman–Crippen MR) is 143 cm³/mol. The van der Waals surface area contributed by atoms with Crippen LogP contribution in [0.5, 0.6) is 11.5 Å². The summed E-state index contributed by atoms with van der Waals surface area (Å²) < 4.78 is 14.4. The summed E-state index contributed by atoms with van der Waals surface area (Å²) in [5.74, 6) is 1.68. The number of ether oxygens (including phenoxy) is 2. The van der Waals surface area contributed by atoms with E-state index in [9.17, 15) is 4.79 Å². The molecule has 1 heterocycles. The van der Waals surface area contributed by atoms with E-state index in [0.717, 1.165) is 15.6 Å². The van der Waals surface area contributed by atoms with Crippen molar-refractivity contribution in [3.63, 3.8) is 0 Å². The van der Waals surface area contributed by atoms with E-state index < -0.39 is 0 Å². The molecule has 4 rings (SSSR count). The van der Waals surface area contributed by atoms with Crippen molar-refractivity contribution < 1.29 is 9.47 Å². The zero-order chi connectivity index (χ0) is 24.2. The lowest BCUT2D eigenvalue weighted by Crippen LogP contribution is -2.22. The van der Waals surface area contributed by atoms with Crippen LogP contribution in [0.4, 0.5) is 0 Å². The van der Waals surface area contributed by atoms with E-state index in [1.54, 1.807) is 25.5 Å². The largest absolute Gasteiger partial charge is 0.493 e. The van der Waals surface area contributed by atoms with Crippen molar-refractivity contribution >= 4 is 60.6 Å². The number of aryl methyl sites for hydroxylation is 1. The second-order valence-electron chi connectivity index (χ2n) is 7.35. The van der Waals surface area contributed by atoms with Crippen LogP contribution in [0, 0.1) is 0 Å². The maximum atomic E-state index is 13.1. The van der Waals surface area contributed by atoms with E-state index >= 15 is 0 Å². The van der Waals surface area contributed by atoms with Crippen LogP contribution in [0.2, 0.25) is 5.02 Å². The summed E-state index contributed by atoms with van der Waals surface area (Å²) in [6.07, 6.45) is 2.16. The highest BCUT2D eigenvalue weighted by atomic mass is 79.9. The van der Waals surface area contributed by atoms with Crippen LogP contribution >= 0.6 is 43.5 Å². The monoisotopic (exact) mass is 603 g/mol. The molecule has 174 valence electrons. The van der Waals surface area contributed by atoms with Crippen LogP contribution in [-0.4, -0.2) is 23.0 Å². The highest BCUT2D eigenvalue weighted by Crippen LogP contribution is 2.37. The number of nitrogens with zero attached hydrogens (tertiary/aromatic N) is 3. The number of methoxy groups -OCH3 is 1. The molecule has 0 aliphatic rings. The number of hydrogen-bond acceptors (Lipinski definition) is 5. The van der Waals surface area contributed by atoms with Crippen molar-refractivity contribution in [2.24, 2.45) is 5.10 Å². The predicted octanol–water partition coefficient (Wildman–Crippen LogP) is 6.61. The fourth-order valence-electron chi connectivity index (χ4n) is 3.36. The Kier molecular flexibility index (Phi) is 7.70. The molecule has 0 unspecified atom stereocenters. The molecule has 0 radical (unpaired) electrons. The molecule has 3 aromatic carbocycles. The Morgan fingerprint density at radius 3 is 2.59 bits per heavy atom. The first-order valence-electron chi connectivity index (χ1n) is 10.4. The minimum absolute atomic E-state index is 0.228. The Hall–Kier alpha value is -2.68. The van der Waals surface area contributed by atoms with E-state index in [0.29, 0.717) is 50.7 Å². The van der Waals surface area contributed by atoms with Crippen molar-refractivity contribution in [3.8, 4) is 11.5 Å². The average molecular weight is 606 g/mol. The van der Waals surface area contributed by atoms with Gasteiger partial charge in [-0.3, -0.25) is 4.79 Å². The van der Waals surface area contributed by atoms with E-state index in [-0.39, 0.29) is 5.56 Å². The summed E-state index contributed by atoms with van der Waals surface area (Å²) in [5.41, 5.74) is 2.12. The second-order valence-corrected chi connectivity index (χ2v) is 9.56. The molecule has 0 saturated carbocycles. The summed E-state index contributed by atoms with van der Waals surface area (Å²) in [5, 5.41) is 5.61. The number of hydrogen-bond donors (Lipinski definition) is 0. The van der Waals surface area contributed by atoms with Gasteiger partial charge in [-0.15, -0.1) is 0 Å². The fourth-order valence-corrected chi connectivity index (χ4v) is 4.42. The summed E-state index contributed by atoms with van der Waals surface area (Å²) >= 11 is 12.9. The Morgan fingerprint density at radius 2 is 1.88 bits per heavy atom. The highest BCUT2D eigenvalue weighted by molar-refractivity contribution is 9.10. The Bertz CT molecular complexity index is 1440. The van der Waals surface area contributed by atoms with Gasteiger partial charge in [-0.05, 0) is 69.5 Å². The molecule has 0 N–H and O–H groups in total. The van der Waals surface area contributed by atoms with E-state index in [1.807, 2.05) is 49.4 Å². The lowest BCUT2D eigenvalue weighted by Gasteiger charge is -2.14. The summed E-state index contributed by atoms with van der Waals surface area (Å²) in [6, 6.07) is 16.5. The van der Waals surface area contributed by atoms with Crippen LogP contribution in [0.1, 0.15) is 23.9 Å². The van der Waals surface area contributed by atoms with E-state index in [1.165, 1.54) is 4.68 Å². The molecule has 0 fully saturated rings. The molecule has 34 heavy (non-hydrogen) atoms. The lowest BCUT2D eigenvalue weighted by molar-refractivity contribution is 0.282. The molecule has 0 aliphatic carbocycles. The van der Waals surface area contributed by atoms with Gasteiger partial charge >= 0.3 is 0 Å². The van der Waals surface area contributed by atoms with Crippen molar-refractivity contribution in [3.05, 3.63) is 95.9 Å². The normalized spacial score (nSPS) is 11.3. The van der Waals surface area contributed by atoms with Crippen LogP contribution < -0.4 is 15.0 Å². The first kappa shape index (κ1) is 24.4. The molecule has 0 amide bonds. The summed E-state index contributed by atoms with van der Waals surface area (Å²) in [6.45, 7) is 2.29. The van der Waals surface area contributed by atoms with E-state index in [2.05, 4.69) is 41.9 Å². The SMILES string of the molecule is CCc1nc2ccc(Br)cc2c(=O)n1N=Cc1cc(Br)c(OCc2ccc(Cl)cc2)c(OC)c1. The Labute approximate surface area is 218 Å². The number of fused-ring (bicyclic) bond motifs is 1. The van der Waals surface area contributed by atoms with Gasteiger partial charge in [-0.1, -0.05) is 46.6 Å². The number of rotatable bonds is 7. The number of halogens is 3. The third-order valence-corrected chi connectivity index (χ3v) is 6.40.